The smallest absolute Gasteiger partial charge is 0.0900 e. The van der Waals surface area contributed by atoms with Crippen LogP contribution in [0.3, 0.4) is 0 Å². The van der Waals surface area contributed by atoms with Crippen molar-refractivity contribution < 1.29 is 14.6 Å². The first-order valence-electron chi connectivity index (χ1n) is 9.19. The topological polar surface area (TPSA) is 41.9 Å². The maximum Gasteiger partial charge on any atom is 0.0900 e. The summed E-state index contributed by atoms with van der Waals surface area (Å²) in [5, 5.41) is 10.3. The maximum atomic E-state index is 10.3. The number of ether oxygens (including phenoxy) is 2. The van der Waals surface area contributed by atoms with E-state index in [1.165, 1.54) is 11.1 Å². The van der Waals surface area contributed by atoms with E-state index in [0.717, 1.165) is 32.5 Å². The van der Waals surface area contributed by atoms with E-state index in [1.54, 1.807) is 0 Å². The third-order valence-electron chi connectivity index (χ3n) is 4.37. The molecule has 4 nitrogen and oxygen atoms in total. The summed E-state index contributed by atoms with van der Waals surface area (Å²) in [6.07, 6.45) is 2.08. The normalized spacial score (nSPS) is 19.3. The SMILES string of the molecule is Cc1ccccc1CN(C[C@@H](O)COCC(C)C)C[C@@H]1CCCO1. The van der Waals surface area contributed by atoms with Gasteiger partial charge in [-0.1, -0.05) is 38.1 Å². The van der Waals surface area contributed by atoms with Crippen molar-refractivity contribution in [3.05, 3.63) is 35.4 Å². The average molecular weight is 335 g/mol. The summed E-state index contributed by atoms with van der Waals surface area (Å²) in [4.78, 5) is 2.31. The minimum atomic E-state index is -0.464. The highest BCUT2D eigenvalue weighted by atomic mass is 16.5. The summed E-state index contributed by atoms with van der Waals surface area (Å²) in [5.74, 6) is 0.493. The first-order chi connectivity index (χ1) is 11.5. The molecule has 136 valence electrons. The molecule has 2 rings (SSSR count). The lowest BCUT2D eigenvalue weighted by molar-refractivity contribution is -0.00394. The Hall–Kier alpha value is -0.940. The van der Waals surface area contributed by atoms with Crippen LogP contribution < -0.4 is 0 Å². The number of benzene rings is 1. The average Bonchev–Trinajstić information content (AvgIpc) is 3.02. The molecule has 0 aliphatic carbocycles. The first-order valence-corrected chi connectivity index (χ1v) is 9.19. The molecule has 1 aliphatic rings. The lowest BCUT2D eigenvalue weighted by Crippen LogP contribution is -2.39. The van der Waals surface area contributed by atoms with E-state index in [4.69, 9.17) is 9.47 Å². The minimum Gasteiger partial charge on any atom is -0.389 e. The van der Waals surface area contributed by atoms with Gasteiger partial charge in [0.1, 0.15) is 0 Å². The molecule has 1 saturated heterocycles. The summed E-state index contributed by atoms with van der Waals surface area (Å²) in [6, 6.07) is 8.45. The zero-order valence-corrected chi connectivity index (χ0v) is 15.4. The zero-order valence-electron chi connectivity index (χ0n) is 15.4. The molecule has 0 amide bonds. The Morgan fingerprint density at radius 1 is 1.29 bits per heavy atom. The largest absolute Gasteiger partial charge is 0.389 e. The van der Waals surface area contributed by atoms with Crippen molar-refractivity contribution >= 4 is 0 Å². The summed E-state index contributed by atoms with van der Waals surface area (Å²) < 4.78 is 11.4. The molecular weight excluding hydrogens is 302 g/mol. The van der Waals surface area contributed by atoms with E-state index in [0.29, 0.717) is 25.7 Å². The van der Waals surface area contributed by atoms with Crippen LogP contribution in [0.25, 0.3) is 0 Å². The molecule has 0 radical (unpaired) electrons. The van der Waals surface area contributed by atoms with Gasteiger partial charge in [-0.15, -0.1) is 0 Å². The van der Waals surface area contributed by atoms with Crippen molar-refractivity contribution in [1.82, 2.24) is 4.90 Å². The molecular formula is C20H33NO3. The highest BCUT2D eigenvalue weighted by Crippen LogP contribution is 2.17. The highest BCUT2D eigenvalue weighted by molar-refractivity contribution is 5.25. The Morgan fingerprint density at radius 3 is 2.75 bits per heavy atom. The molecule has 1 fully saturated rings. The number of aliphatic hydroxyl groups is 1. The Kier molecular flexibility index (Phi) is 8.19. The first kappa shape index (κ1) is 19.4. The summed E-state index contributed by atoms with van der Waals surface area (Å²) in [6.45, 7) is 10.7. The van der Waals surface area contributed by atoms with Gasteiger partial charge in [-0.2, -0.15) is 0 Å². The van der Waals surface area contributed by atoms with Crippen LogP contribution in [0, 0.1) is 12.8 Å². The third kappa shape index (κ3) is 6.89. The quantitative estimate of drug-likeness (QED) is 0.714. The summed E-state index contributed by atoms with van der Waals surface area (Å²) >= 11 is 0. The van der Waals surface area contributed by atoms with Crippen LogP contribution in [0.1, 0.15) is 37.8 Å². The number of hydrogen-bond acceptors (Lipinski definition) is 4. The standard InChI is InChI=1S/C20H33NO3/c1-16(2)14-23-15-19(22)12-21(13-20-9-6-10-24-20)11-18-8-5-4-7-17(18)3/h4-5,7-8,16,19-20,22H,6,9-15H2,1-3H3/t19-,20+/m1/s1. The van der Waals surface area contributed by atoms with E-state index in [1.807, 2.05) is 0 Å². The molecule has 0 aromatic heterocycles. The van der Waals surface area contributed by atoms with Gasteiger partial charge in [0.2, 0.25) is 0 Å². The number of aliphatic hydroxyl groups excluding tert-OH is 1. The van der Waals surface area contributed by atoms with Crippen molar-refractivity contribution in [2.45, 2.75) is 52.4 Å². The van der Waals surface area contributed by atoms with E-state index in [-0.39, 0.29) is 6.10 Å². The van der Waals surface area contributed by atoms with E-state index >= 15 is 0 Å². The van der Waals surface area contributed by atoms with Crippen molar-refractivity contribution in [3.63, 3.8) is 0 Å². The Balaban J connectivity index is 1.90. The van der Waals surface area contributed by atoms with Crippen LogP contribution in [0.4, 0.5) is 0 Å². The van der Waals surface area contributed by atoms with Crippen LogP contribution >= 0.6 is 0 Å². The van der Waals surface area contributed by atoms with Crippen molar-refractivity contribution in [3.8, 4) is 0 Å². The molecule has 0 bridgehead atoms. The predicted octanol–water partition coefficient (Wildman–Crippen LogP) is 3.01. The Bertz CT molecular complexity index is 472. The van der Waals surface area contributed by atoms with Crippen LogP contribution in [0.15, 0.2) is 24.3 Å². The van der Waals surface area contributed by atoms with Gasteiger partial charge >= 0.3 is 0 Å². The van der Waals surface area contributed by atoms with Gasteiger partial charge in [0, 0.05) is 32.8 Å². The molecule has 0 unspecified atom stereocenters. The van der Waals surface area contributed by atoms with Crippen molar-refractivity contribution in [1.29, 1.82) is 0 Å². The van der Waals surface area contributed by atoms with Crippen LogP contribution in [-0.2, 0) is 16.0 Å². The maximum absolute atomic E-state index is 10.3. The van der Waals surface area contributed by atoms with Gasteiger partial charge in [-0.05, 0) is 36.8 Å². The lowest BCUT2D eigenvalue weighted by atomic mass is 10.1. The summed E-state index contributed by atoms with van der Waals surface area (Å²) in [7, 11) is 0. The highest BCUT2D eigenvalue weighted by Gasteiger charge is 2.21. The van der Waals surface area contributed by atoms with Crippen LogP contribution in [-0.4, -0.2) is 55.1 Å². The fraction of sp³-hybridized carbons (Fsp3) is 0.700. The number of aryl methyl sites for hydroxylation is 1. The zero-order chi connectivity index (χ0) is 17.4. The molecule has 0 saturated carbocycles. The second-order valence-electron chi connectivity index (χ2n) is 7.34. The van der Waals surface area contributed by atoms with Gasteiger partial charge < -0.3 is 14.6 Å². The van der Waals surface area contributed by atoms with Gasteiger partial charge in [0.15, 0.2) is 0 Å². The van der Waals surface area contributed by atoms with Crippen molar-refractivity contribution in [2.75, 3.05) is 32.9 Å². The number of rotatable bonds is 10. The van der Waals surface area contributed by atoms with Crippen LogP contribution in [0.5, 0.6) is 0 Å². The fourth-order valence-electron chi connectivity index (χ4n) is 3.10. The molecule has 1 heterocycles. The molecule has 1 aliphatic heterocycles. The van der Waals surface area contributed by atoms with Crippen LogP contribution in [0.2, 0.25) is 0 Å². The lowest BCUT2D eigenvalue weighted by Gasteiger charge is -2.28. The second-order valence-corrected chi connectivity index (χ2v) is 7.34. The molecule has 0 spiro atoms. The monoisotopic (exact) mass is 335 g/mol. The summed E-state index contributed by atoms with van der Waals surface area (Å²) in [5.41, 5.74) is 2.60. The van der Waals surface area contributed by atoms with E-state index in [9.17, 15) is 5.11 Å². The molecule has 1 aromatic rings. The van der Waals surface area contributed by atoms with Gasteiger partial charge in [-0.25, -0.2) is 0 Å². The number of hydrogen-bond donors (Lipinski definition) is 1. The van der Waals surface area contributed by atoms with Crippen molar-refractivity contribution in [2.24, 2.45) is 5.92 Å². The number of nitrogens with zero attached hydrogens (tertiary/aromatic N) is 1. The molecule has 4 heteroatoms. The molecule has 1 aromatic carbocycles. The Morgan fingerprint density at radius 2 is 2.08 bits per heavy atom. The Labute approximate surface area is 146 Å². The van der Waals surface area contributed by atoms with Gasteiger partial charge in [-0.3, -0.25) is 4.90 Å². The van der Waals surface area contributed by atoms with E-state index in [2.05, 4.69) is 49.9 Å². The third-order valence-corrected chi connectivity index (χ3v) is 4.37. The minimum absolute atomic E-state index is 0.290. The predicted molar refractivity (Wildman–Crippen MR) is 97.1 cm³/mol. The van der Waals surface area contributed by atoms with Gasteiger partial charge in [0.25, 0.3) is 0 Å². The molecule has 24 heavy (non-hydrogen) atoms. The van der Waals surface area contributed by atoms with E-state index < -0.39 is 6.10 Å². The molecule has 1 N–H and O–H groups in total. The molecule has 2 atom stereocenters. The fourth-order valence-corrected chi connectivity index (χ4v) is 3.10. The van der Waals surface area contributed by atoms with Gasteiger partial charge in [0.05, 0.1) is 18.8 Å². The second kappa shape index (κ2) is 10.1.